The molecular weight excluding hydrogens is 259 g/mol. The van der Waals surface area contributed by atoms with Crippen molar-refractivity contribution >= 4 is 22.6 Å². The van der Waals surface area contributed by atoms with Gasteiger partial charge in [-0.3, -0.25) is 4.98 Å². The first-order valence-electron chi connectivity index (χ1n) is 6.76. The summed E-state index contributed by atoms with van der Waals surface area (Å²) in [6, 6.07) is 4.13. The number of rotatable bonds is 1. The Bertz CT molecular complexity index is 736. The van der Waals surface area contributed by atoms with E-state index in [-0.39, 0.29) is 11.4 Å². The predicted octanol–water partition coefficient (Wildman–Crippen LogP) is 2.77. The van der Waals surface area contributed by atoms with Crippen LogP contribution in [0.15, 0.2) is 18.2 Å². The second kappa shape index (κ2) is 3.91. The molecule has 2 aromatic rings. The smallest absolute Gasteiger partial charge is 0.338 e. The van der Waals surface area contributed by atoms with Gasteiger partial charge in [-0.05, 0) is 25.0 Å². The lowest BCUT2D eigenvalue weighted by Crippen LogP contribution is -2.40. The van der Waals surface area contributed by atoms with Crippen molar-refractivity contribution in [3.05, 3.63) is 35.3 Å². The number of benzene rings is 1. The fourth-order valence-electron chi connectivity index (χ4n) is 3.44. The minimum Gasteiger partial charge on any atom is -0.478 e. The van der Waals surface area contributed by atoms with Crippen LogP contribution < -0.4 is 4.90 Å². The van der Waals surface area contributed by atoms with Gasteiger partial charge in [-0.2, -0.15) is 0 Å². The normalized spacial score (nSPS) is 17.6. The number of hydrogen-bond donors (Lipinski definition) is 1. The number of piperidine rings is 1. The Kier molecular flexibility index (Phi) is 2.28. The number of carboxylic acids is 1. The topological polar surface area (TPSA) is 53.4 Å². The van der Waals surface area contributed by atoms with Crippen LogP contribution in [-0.2, 0) is 0 Å². The largest absolute Gasteiger partial charge is 0.478 e. The molecule has 1 aromatic heterocycles. The molecule has 1 fully saturated rings. The second-order valence-electron chi connectivity index (χ2n) is 5.45. The number of hydrogen-bond acceptors (Lipinski definition) is 3. The molecule has 5 rings (SSSR count). The summed E-state index contributed by atoms with van der Waals surface area (Å²) in [6.45, 7) is 1.76. The van der Waals surface area contributed by atoms with E-state index in [0.717, 1.165) is 37.3 Å². The minimum absolute atomic E-state index is 0.273. The Morgan fingerprint density at radius 2 is 2.10 bits per heavy atom. The van der Waals surface area contributed by atoms with E-state index < -0.39 is 5.97 Å². The average molecular weight is 272 g/mol. The maximum atomic E-state index is 13.4. The summed E-state index contributed by atoms with van der Waals surface area (Å²) in [4.78, 5) is 18.4. The molecule has 20 heavy (non-hydrogen) atoms. The molecule has 0 radical (unpaired) electrons. The van der Waals surface area contributed by atoms with E-state index in [9.17, 15) is 14.3 Å². The van der Waals surface area contributed by atoms with Gasteiger partial charge in [0.25, 0.3) is 0 Å². The van der Waals surface area contributed by atoms with Crippen LogP contribution in [0.5, 0.6) is 0 Å². The van der Waals surface area contributed by atoms with Gasteiger partial charge in [0, 0.05) is 30.5 Å². The van der Waals surface area contributed by atoms with Gasteiger partial charge in [0.1, 0.15) is 5.82 Å². The lowest BCUT2D eigenvalue weighted by Gasteiger charge is -2.42. The van der Waals surface area contributed by atoms with Gasteiger partial charge in [-0.1, -0.05) is 0 Å². The van der Waals surface area contributed by atoms with Crippen LogP contribution in [0.2, 0.25) is 0 Å². The number of carbonyl (C=O) groups is 1. The zero-order valence-corrected chi connectivity index (χ0v) is 10.8. The van der Waals surface area contributed by atoms with E-state index in [1.54, 1.807) is 0 Å². The third kappa shape index (κ3) is 1.46. The van der Waals surface area contributed by atoms with Gasteiger partial charge >= 0.3 is 5.97 Å². The Morgan fingerprint density at radius 1 is 1.35 bits per heavy atom. The molecule has 4 nitrogen and oxygen atoms in total. The standard InChI is InChI=1S/C15H13FN2O2/c16-9-1-2-10-11(7-9)17-13-8-3-5-18(6-4-8)14(13)12(10)15(19)20/h1-2,7-8H,3-6H2,(H,19,20). The van der Waals surface area contributed by atoms with Gasteiger partial charge < -0.3 is 10.0 Å². The Hall–Kier alpha value is -2.17. The molecule has 2 bridgehead atoms. The van der Waals surface area contributed by atoms with E-state index in [4.69, 9.17) is 0 Å². The molecule has 5 heteroatoms. The number of carboxylic acid groups (broad SMARTS) is 1. The molecule has 102 valence electrons. The van der Waals surface area contributed by atoms with Crippen molar-refractivity contribution in [1.82, 2.24) is 4.98 Å². The second-order valence-corrected chi connectivity index (χ2v) is 5.45. The van der Waals surface area contributed by atoms with Gasteiger partial charge in [0.05, 0.1) is 22.5 Å². The summed E-state index contributed by atoms with van der Waals surface area (Å²) in [5, 5.41) is 10.1. The monoisotopic (exact) mass is 272 g/mol. The molecular formula is C15H13FN2O2. The van der Waals surface area contributed by atoms with Crippen LogP contribution in [0.3, 0.4) is 0 Å². The maximum absolute atomic E-state index is 13.4. The molecule has 4 heterocycles. The molecule has 3 aliphatic rings. The quantitative estimate of drug-likeness (QED) is 0.867. The third-order valence-corrected chi connectivity index (χ3v) is 4.36. The number of nitrogens with zero attached hydrogens (tertiary/aromatic N) is 2. The number of aromatic nitrogens is 1. The van der Waals surface area contributed by atoms with Gasteiger partial charge in [0.15, 0.2) is 0 Å². The highest BCUT2D eigenvalue weighted by molar-refractivity contribution is 6.08. The van der Waals surface area contributed by atoms with Crippen LogP contribution in [0.25, 0.3) is 10.9 Å². The van der Waals surface area contributed by atoms with Crippen LogP contribution >= 0.6 is 0 Å². The van der Waals surface area contributed by atoms with E-state index in [2.05, 4.69) is 9.88 Å². The zero-order valence-electron chi connectivity index (χ0n) is 10.8. The lowest BCUT2D eigenvalue weighted by molar-refractivity contribution is 0.0699. The Morgan fingerprint density at radius 3 is 2.80 bits per heavy atom. The van der Waals surface area contributed by atoms with Crippen LogP contribution in [0.1, 0.15) is 34.8 Å². The van der Waals surface area contributed by atoms with Crippen molar-refractivity contribution in [2.24, 2.45) is 0 Å². The summed E-state index contributed by atoms with van der Waals surface area (Å²) >= 11 is 0. The number of fused-ring (bicyclic) bond motifs is 3. The molecule has 0 aliphatic carbocycles. The number of halogens is 1. The van der Waals surface area contributed by atoms with Crippen molar-refractivity contribution < 1.29 is 14.3 Å². The first-order valence-corrected chi connectivity index (χ1v) is 6.76. The zero-order chi connectivity index (χ0) is 13.9. The summed E-state index contributed by atoms with van der Waals surface area (Å²) in [5.74, 6) is -1.05. The molecule has 0 spiro atoms. The highest BCUT2D eigenvalue weighted by atomic mass is 19.1. The van der Waals surface area contributed by atoms with Crippen molar-refractivity contribution in [2.75, 3.05) is 18.0 Å². The molecule has 0 saturated carbocycles. The molecule has 1 aromatic carbocycles. The van der Waals surface area contributed by atoms with Crippen molar-refractivity contribution in [2.45, 2.75) is 18.8 Å². The predicted molar refractivity (Wildman–Crippen MR) is 72.8 cm³/mol. The van der Waals surface area contributed by atoms with Crippen LogP contribution in [0.4, 0.5) is 10.1 Å². The average Bonchev–Trinajstić information content (AvgIpc) is 2.45. The minimum atomic E-state index is -0.965. The number of aromatic carboxylic acids is 1. The summed E-state index contributed by atoms with van der Waals surface area (Å²) in [6.07, 6.45) is 2.00. The Balaban J connectivity index is 2.13. The summed E-state index contributed by atoms with van der Waals surface area (Å²) < 4.78 is 13.4. The SMILES string of the molecule is O=C(O)c1c2c(nc3cc(F)ccc13)C1CCN2CC1. The van der Waals surface area contributed by atoms with E-state index >= 15 is 0 Å². The van der Waals surface area contributed by atoms with Crippen LogP contribution in [-0.4, -0.2) is 29.1 Å². The van der Waals surface area contributed by atoms with Crippen molar-refractivity contribution in [3.8, 4) is 0 Å². The highest BCUT2D eigenvalue weighted by Crippen LogP contribution is 2.44. The Labute approximate surface area is 114 Å². The van der Waals surface area contributed by atoms with Crippen molar-refractivity contribution in [3.63, 3.8) is 0 Å². The third-order valence-electron chi connectivity index (χ3n) is 4.36. The van der Waals surface area contributed by atoms with E-state index in [1.807, 2.05) is 0 Å². The van der Waals surface area contributed by atoms with Gasteiger partial charge in [0.2, 0.25) is 0 Å². The summed E-state index contributed by atoms with van der Waals surface area (Å²) in [5.41, 5.74) is 2.29. The van der Waals surface area contributed by atoms with Crippen LogP contribution in [0, 0.1) is 5.82 Å². The van der Waals surface area contributed by atoms with E-state index in [0.29, 0.717) is 16.8 Å². The molecule has 1 N–H and O–H groups in total. The molecule has 0 amide bonds. The number of anilines is 1. The fraction of sp³-hybridized carbons (Fsp3) is 0.333. The van der Waals surface area contributed by atoms with E-state index in [1.165, 1.54) is 18.2 Å². The first-order chi connectivity index (χ1) is 9.65. The highest BCUT2D eigenvalue weighted by Gasteiger charge is 2.36. The van der Waals surface area contributed by atoms with Gasteiger partial charge in [-0.15, -0.1) is 0 Å². The molecule has 1 saturated heterocycles. The molecule has 3 aliphatic heterocycles. The van der Waals surface area contributed by atoms with Gasteiger partial charge in [-0.25, -0.2) is 9.18 Å². The fourth-order valence-corrected chi connectivity index (χ4v) is 3.44. The molecule has 0 unspecified atom stereocenters. The number of pyridine rings is 1. The lowest BCUT2D eigenvalue weighted by atomic mass is 9.84. The first kappa shape index (κ1) is 11.6. The summed E-state index contributed by atoms with van der Waals surface area (Å²) in [7, 11) is 0. The van der Waals surface area contributed by atoms with Crippen molar-refractivity contribution in [1.29, 1.82) is 0 Å². The molecule has 0 atom stereocenters. The maximum Gasteiger partial charge on any atom is 0.338 e.